The zero-order valence-corrected chi connectivity index (χ0v) is 30.5. The van der Waals surface area contributed by atoms with Crippen LogP contribution in [-0.2, 0) is 0 Å². The molecule has 56 heavy (non-hydrogen) atoms. The second-order valence-electron chi connectivity index (χ2n) is 13.9. The summed E-state index contributed by atoms with van der Waals surface area (Å²) >= 11 is 0. The molecule has 0 fully saturated rings. The van der Waals surface area contributed by atoms with Crippen molar-refractivity contribution in [1.29, 1.82) is 0 Å². The molecule has 9 aromatic carbocycles. The summed E-state index contributed by atoms with van der Waals surface area (Å²) in [6.45, 7) is 0. The molecule has 0 N–H and O–H groups in total. The summed E-state index contributed by atoms with van der Waals surface area (Å²) in [6.07, 6.45) is 0. The SMILES string of the molecule is c1ccc(-c2ccccc2-c2nc(-c3cccc(-c4ccc(-c5ccccc5)c5ccccc45)c3)nc(-c3ccccc3-c3cccc4ccccc34)n2)cc1. The zero-order chi connectivity index (χ0) is 37.3. The summed E-state index contributed by atoms with van der Waals surface area (Å²) in [5.74, 6) is 1.87. The first-order valence-electron chi connectivity index (χ1n) is 18.9. The van der Waals surface area contributed by atoms with Crippen molar-refractivity contribution in [3.8, 4) is 78.7 Å². The fraction of sp³-hybridized carbons (Fsp3) is 0. The average molecular weight is 714 g/mol. The number of fused-ring (bicyclic) bond motifs is 2. The normalized spacial score (nSPS) is 11.2. The summed E-state index contributed by atoms with van der Waals surface area (Å²) in [5.41, 5.74) is 11.9. The van der Waals surface area contributed by atoms with Crippen LogP contribution < -0.4 is 0 Å². The standard InChI is InChI=1S/C53H35N3/c1-3-17-36(18-4-1)42-26-9-13-30-49(42)52-54-51(55-53(56-52)50-31-14-12-29-48(50)47-32-16-22-38-21-7-8-25-41(38)47)40-24-15-23-39(35-40)44-34-33-43(37-19-5-2-6-20-37)45-27-10-11-28-46(44)45/h1-35H. The molecule has 0 bridgehead atoms. The van der Waals surface area contributed by atoms with E-state index in [2.05, 4.69) is 206 Å². The summed E-state index contributed by atoms with van der Waals surface area (Å²) < 4.78 is 0. The molecule has 1 aromatic heterocycles. The molecule has 0 saturated carbocycles. The third-order valence-electron chi connectivity index (χ3n) is 10.6. The van der Waals surface area contributed by atoms with Crippen LogP contribution in [0.4, 0.5) is 0 Å². The Hall–Kier alpha value is -7.49. The summed E-state index contributed by atoms with van der Waals surface area (Å²) in [5, 5.41) is 4.79. The molecule has 0 amide bonds. The van der Waals surface area contributed by atoms with E-state index < -0.39 is 0 Å². The molecule has 0 atom stereocenters. The van der Waals surface area contributed by atoms with Gasteiger partial charge in [-0.3, -0.25) is 0 Å². The van der Waals surface area contributed by atoms with Gasteiger partial charge in [-0.1, -0.05) is 206 Å². The second kappa shape index (κ2) is 14.4. The van der Waals surface area contributed by atoms with Gasteiger partial charge in [0.2, 0.25) is 0 Å². The zero-order valence-electron chi connectivity index (χ0n) is 30.5. The van der Waals surface area contributed by atoms with Gasteiger partial charge in [0.05, 0.1) is 0 Å². The van der Waals surface area contributed by atoms with E-state index in [1.165, 1.54) is 32.7 Å². The van der Waals surface area contributed by atoms with Crippen LogP contribution in [0.5, 0.6) is 0 Å². The van der Waals surface area contributed by atoms with E-state index in [0.717, 1.165) is 50.1 Å². The molecule has 0 spiro atoms. The van der Waals surface area contributed by atoms with Crippen molar-refractivity contribution in [2.45, 2.75) is 0 Å². The molecular formula is C53H35N3. The van der Waals surface area contributed by atoms with Crippen molar-refractivity contribution in [2.75, 3.05) is 0 Å². The Morgan fingerprint density at radius 3 is 1.30 bits per heavy atom. The summed E-state index contributed by atoms with van der Waals surface area (Å²) in [6, 6.07) is 74.6. The highest BCUT2D eigenvalue weighted by molar-refractivity contribution is 6.05. The third-order valence-corrected chi connectivity index (χ3v) is 10.6. The number of hydrogen-bond donors (Lipinski definition) is 0. The van der Waals surface area contributed by atoms with Gasteiger partial charge >= 0.3 is 0 Å². The summed E-state index contributed by atoms with van der Waals surface area (Å²) in [4.78, 5) is 15.9. The number of hydrogen-bond acceptors (Lipinski definition) is 3. The first-order valence-corrected chi connectivity index (χ1v) is 18.9. The maximum atomic E-state index is 5.30. The smallest absolute Gasteiger partial charge is 0.164 e. The third kappa shape index (κ3) is 6.12. The van der Waals surface area contributed by atoms with Crippen molar-refractivity contribution in [1.82, 2.24) is 15.0 Å². The minimum atomic E-state index is 0.618. The predicted molar refractivity (Wildman–Crippen MR) is 233 cm³/mol. The van der Waals surface area contributed by atoms with E-state index in [1.54, 1.807) is 0 Å². The number of benzene rings is 9. The van der Waals surface area contributed by atoms with Gasteiger partial charge in [-0.2, -0.15) is 0 Å². The molecule has 1 heterocycles. The van der Waals surface area contributed by atoms with Gasteiger partial charge < -0.3 is 0 Å². The highest BCUT2D eigenvalue weighted by Crippen LogP contribution is 2.39. The van der Waals surface area contributed by atoms with Crippen molar-refractivity contribution >= 4 is 21.5 Å². The maximum absolute atomic E-state index is 5.30. The Morgan fingerprint density at radius 2 is 0.625 bits per heavy atom. The highest BCUT2D eigenvalue weighted by Gasteiger charge is 2.19. The van der Waals surface area contributed by atoms with E-state index in [1.807, 2.05) is 6.07 Å². The van der Waals surface area contributed by atoms with Gasteiger partial charge in [-0.15, -0.1) is 0 Å². The van der Waals surface area contributed by atoms with Crippen LogP contribution in [0.2, 0.25) is 0 Å². The minimum Gasteiger partial charge on any atom is -0.208 e. The molecule has 0 saturated heterocycles. The molecule has 10 rings (SSSR count). The monoisotopic (exact) mass is 713 g/mol. The second-order valence-corrected chi connectivity index (χ2v) is 13.9. The topological polar surface area (TPSA) is 38.7 Å². The lowest BCUT2D eigenvalue weighted by Crippen LogP contribution is -2.02. The molecule has 0 radical (unpaired) electrons. The van der Waals surface area contributed by atoms with Gasteiger partial charge in [-0.05, 0) is 72.1 Å². The van der Waals surface area contributed by atoms with Crippen molar-refractivity contribution < 1.29 is 0 Å². The quantitative estimate of drug-likeness (QED) is 0.165. The molecule has 262 valence electrons. The number of rotatable bonds is 7. The van der Waals surface area contributed by atoms with Crippen LogP contribution in [0.25, 0.3) is 100 Å². The van der Waals surface area contributed by atoms with E-state index in [-0.39, 0.29) is 0 Å². The van der Waals surface area contributed by atoms with Crippen LogP contribution in [0.3, 0.4) is 0 Å². The first kappa shape index (κ1) is 33.1. The van der Waals surface area contributed by atoms with E-state index in [4.69, 9.17) is 15.0 Å². The van der Waals surface area contributed by atoms with Crippen molar-refractivity contribution in [3.05, 3.63) is 212 Å². The van der Waals surface area contributed by atoms with Gasteiger partial charge in [0.1, 0.15) is 0 Å². The Labute approximate surface area is 326 Å². The molecule has 0 unspecified atom stereocenters. The fourth-order valence-electron chi connectivity index (χ4n) is 7.91. The van der Waals surface area contributed by atoms with E-state index in [9.17, 15) is 0 Å². The van der Waals surface area contributed by atoms with Gasteiger partial charge in [0.15, 0.2) is 17.5 Å². The Bertz CT molecular complexity index is 3020. The molecule has 0 aliphatic carbocycles. The number of aromatic nitrogens is 3. The number of nitrogens with zero attached hydrogens (tertiary/aromatic N) is 3. The van der Waals surface area contributed by atoms with E-state index in [0.29, 0.717) is 17.5 Å². The van der Waals surface area contributed by atoms with Crippen molar-refractivity contribution in [2.24, 2.45) is 0 Å². The lowest BCUT2D eigenvalue weighted by Gasteiger charge is -2.15. The Balaban J connectivity index is 1.17. The van der Waals surface area contributed by atoms with Gasteiger partial charge in [0.25, 0.3) is 0 Å². The lowest BCUT2D eigenvalue weighted by molar-refractivity contribution is 1.07. The molecule has 10 aromatic rings. The maximum Gasteiger partial charge on any atom is 0.164 e. The van der Waals surface area contributed by atoms with E-state index >= 15 is 0 Å². The molecule has 0 aliphatic heterocycles. The lowest BCUT2D eigenvalue weighted by atomic mass is 9.91. The predicted octanol–water partition coefficient (Wildman–Crippen LogP) is 13.8. The molecule has 3 heteroatoms. The first-order chi connectivity index (χ1) is 27.8. The molecule has 0 aliphatic rings. The molecular weight excluding hydrogens is 679 g/mol. The van der Waals surface area contributed by atoms with Gasteiger partial charge in [-0.25, -0.2) is 15.0 Å². The average Bonchev–Trinajstić information content (AvgIpc) is 3.29. The van der Waals surface area contributed by atoms with Crippen LogP contribution in [0.15, 0.2) is 212 Å². The minimum absolute atomic E-state index is 0.618. The summed E-state index contributed by atoms with van der Waals surface area (Å²) in [7, 11) is 0. The highest BCUT2D eigenvalue weighted by atomic mass is 15.0. The van der Waals surface area contributed by atoms with Gasteiger partial charge in [0, 0.05) is 16.7 Å². The van der Waals surface area contributed by atoms with Crippen LogP contribution >= 0.6 is 0 Å². The van der Waals surface area contributed by atoms with Crippen LogP contribution in [-0.4, -0.2) is 15.0 Å². The fourth-order valence-corrected chi connectivity index (χ4v) is 7.91. The van der Waals surface area contributed by atoms with Crippen LogP contribution in [0, 0.1) is 0 Å². The van der Waals surface area contributed by atoms with Crippen LogP contribution in [0.1, 0.15) is 0 Å². The largest absolute Gasteiger partial charge is 0.208 e. The Morgan fingerprint density at radius 1 is 0.214 bits per heavy atom. The molecule has 3 nitrogen and oxygen atoms in total. The Kier molecular flexibility index (Phi) is 8.51. The van der Waals surface area contributed by atoms with Crippen molar-refractivity contribution in [3.63, 3.8) is 0 Å².